The van der Waals surface area contributed by atoms with Crippen LogP contribution in [0.1, 0.15) is 11.1 Å². The molecule has 2 heteroatoms. The van der Waals surface area contributed by atoms with Gasteiger partial charge in [0.1, 0.15) is 0 Å². The van der Waals surface area contributed by atoms with Crippen LogP contribution in [0.15, 0.2) is 50.1 Å². The largest absolute Gasteiger partial charge is 0.466 e. The van der Waals surface area contributed by atoms with Crippen LogP contribution < -0.4 is 0 Å². The van der Waals surface area contributed by atoms with Crippen molar-refractivity contribution in [3.05, 3.63) is 61.2 Å². The van der Waals surface area contributed by atoms with Gasteiger partial charge < -0.3 is 4.74 Å². The fraction of sp³-hybridized carbons (Fsp3) is 0.0714. The average Bonchev–Trinajstić information content (AvgIpc) is 2.38. The van der Waals surface area contributed by atoms with Gasteiger partial charge in [-0.25, -0.2) is 4.79 Å². The molecule has 84 valence electrons. The molecule has 16 heavy (non-hydrogen) atoms. The highest BCUT2D eigenvalue weighted by Crippen LogP contribution is 2.05. The van der Waals surface area contributed by atoms with Gasteiger partial charge in [0.2, 0.25) is 0 Å². The maximum Gasteiger partial charge on any atom is 0.329 e. The molecule has 0 spiro atoms. The summed E-state index contributed by atoms with van der Waals surface area (Å²) in [5, 5.41) is 0. The molecule has 1 aromatic rings. The van der Waals surface area contributed by atoms with Crippen LogP contribution in [0.2, 0.25) is 0 Å². The molecule has 0 saturated heterocycles. The number of ether oxygens (including phenoxy) is 1. The highest BCUT2D eigenvalue weighted by Gasteiger charge is 1.84. The van der Waals surface area contributed by atoms with E-state index >= 15 is 0 Å². The van der Waals surface area contributed by atoms with E-state index in [0.717, 1.165) is 17.2 Å². The van der Waals surface area contributed by atoms with Gasteiger partial charge in [-0.05, 0) is 11.1 Å². The first-order chi connectivity index (χ1) is 7.67. The van der Waals surface area contributed by atoms with Crippen LogP contribution in [0.4, 0.5) is 0 Å². The lowest BCUT2D eigenvalue weighted by Crippen LogP contribution is -1.91. The molecular weight excluding hydrogens is 200 g/mol. The zero-order chi connectivity index (χ0) is 12.4. The van der Waals surface area contributed by atoms with E-state index in [1.807, 2.05) is 36.4 Å². The van der Waals surface area contributed by atoms with E-state index in [2.05, 4.69) is 24.5 Å². The summed E-state index contributed by atoms with van der Waals surface area (Å²) in [6.45, 7) is 10.5. The smallest absolute Gasteiger partial charge is 0.329 e. The molecule has 0 aromatic heterocycles. The summed E-state index contributed by atoms with van der Waals surface area (Å²) in [5.41, 5.74) is 2.29. The van der Waals surface area contributed by atoms with Crippen LogP contribution in [0.25, 0.3) is 12.2 Å². The third kappa shape index (κ3) is 5.60. The predicted octanol–water partition coefficient (Wildman–Crippen LogP) is 3.32. The van der Waals surface area contributed by atoms with Crippen molar-refractivity contribution in [1.82, 2.24) is 0 Å². The van der Waals surface area contributed by atoms with Crippen molar-refractivity contribution in [3.63, 3.8) is 0 Å². The first kappa shape index (κ1) is 13.9. The number of hydrogen-bond acceptors (Lipinski definition) is 2. The molecule has 0 bridgehead atoms. The number of rotatable bonds is 3. The lowest BCUT2D eigenvalue weighted by molar-refractivity contribution is -0.134. The van der Waals surface area contributed by atoms with Crippen molar-refractivity contribution in [2.75, 3.05) is 7.11 Å². The summed E-state index contributed by atoms with van der Waals surface area (Å²) < 4.78 is 4.14. The van der Waals surface area contributed by atoms with Gasteiger partial charge >= 0.3 is 5.97 Å². The highest BCUT2D eigenvalue weighted by molar-refractivity contribution is 5.80. The fourth-order valence-corrected chi connectivity index (χ4v) is 0.852. The summed E-state index contributed by atoms with van der Waals surface area (Å²) in [7, 11) is 1.31. The van der Waals surface area contributed by atoms with Gasteiger partial charge in [-0.2, -0.15) is 0 Å². The molecule has 0 amide bonds. The molecule has 0 aliphatic carbocycles. The van der Waals surface area contributed by atoms with Crippen molar-refractivity contribution >= 4 is 18.1 Å². The maximum atomic E-state index is 9.84. The molecule has 0 N–H and O–H groups in total. The normalized spacial score (nSPS) is 8.06. The quantitative estimate of drug-likeness (QED) is 0.572. The lowest BCUT2D eigenvalue weighted by Gasteiger charge is -1.92. The van der Waals surface area contributed by atoms with Gasteiger partial charge in [-0.3, -0.25) is 0 Å². The van der Waals surface area contributed by atoms with Crippen LogP contribution in [0.3, 0.4) is 0 Å². The van der Waals surface area contributed by atoms with Gasteiger partial charge in [-0.15, -0.1) is 0 Å². The first-order valence-electron chi connectivity index (χ1n) is 4.73. The van der Waals surface area contributed by atoms with E-state index in [1.54, 1.807) is 0 Å². The zero-order valence-electron chi connectivity index (χ0n) is 9.48. The number of carbonyl (C=O) groups excluding carboxylic acids is 1. The Balaban J connectivity index is 0.000000325. The van der Waals surface area contributed by atoms with E-state index in [1.165, 1.54) is 7.11 Å². The molecule has 0 heterocycles. The van der Waals surface area contributed by atoms with Gasteiger partial charge in [-0.1, -0.05) is 56.2 Å². The molecule has 0 unspecified atom stereocenters. The Kier molecular flexibility index (Phi) is 7.16. The number of methoxy groups -OCH3 is 1. The predicted molar refractivity (Wildman–Crippen MR) is 68.8 cm³/mol. The Labute approximate surface area is 96.6 Å². The molecule has 0 saturated carbocycles. The van der Waals surface area contributed by atoms with Crippen LogP contribution in [-0.2, 0) is 9.53 Å². The number of benzene rings is 1. The Hall–Kier alpha value is -2.09. The molecule has 1 rings (SSSR count). The lowest BCUT2D eigenvalue weighted by atomic mass is 10.1. The van der Waals surface area contributed by atoms with Crippen molar-refractivity contribution in [2.24, 2.45) is 0 Å². The minimum absolute atomic E-state index is 0.394. The maximum absolute atomic E-state index is 9.84. The van der Waals surface area contributed by atoms with E-state index in [4.69, 9.17) is 0 Å². The molecular formula is C14H16O2. The topological polar surface area (TPSA) is 26.3 Å². The van der Waals surface area contributed by atoms with E-state index < -0.39 is 5.97 Å². The third-order valence-corrected chi connectivity index (χ3v) is 1.78. The van der Waals surface area contributed by atoms with Gasteiger partial charge in [0.25, 0.3) is 0 Å². The van der Waals surface area contributed by atoms with Gasteiger partial charge in [0.05, 0.1) is 7.11 Å². The van der Waals surface area contributed by atoms with E-state index in [-0.39, 0.29) is 0 Å². The second kappa shape index (κ2) is 8.24. The van der Waals surface area contributed by atoms with Gasteiger partial charge in [0, 0.05) is 6.08 Å². The molecule has 0 aliphatic rings. The second-order valence-corrected chi connectivity index (χ2v) is 2.80. The van der Waals surface area contributed by atoms with E-state index in [0.29, 0.717) is 0 Å². The van der Waals surface area contributed by atoms with Crippen molar-refractivity contribution < 1.29 is 9.53 Å². The summed E-state index contributed by atoms with van der Waals surface area (Å²) in [5.74, 6) is -0.394. The molecule has 1 aromatic carbocycles. The van der Waals surface area contributed by atoms with Crippen LogP contribution in [-0.4, -0.2) is 13.1 Å². The summed E-state index contributed by atoms with van der Waals surface area (Å²) in [6.07, 6.45) is 4.76. The number of hydrogen-bond donors (Lipinski definition) is 0. The first-order valence-corrected chi connectivity index (χ1v) is 4.73. The number of esters is 1. The Morgan fingerprint density at radius 2 is 1.44 bits per heavy atom. The van der Waals surface area contributed by atoms with Crippen molar-refractivity contribution in [3.8, 4) is 0 Å². The minimum atomic E-state index is -0.394. The SMILES string of the molecule is C=CC(=O)OC.C=Cc1ccc(C=C)cc1. The molecule has 0 atom stereocenters. The summed E-state index contributed by atoms with van der Waals surface area (Å²) >= 11 is 0. The minimum Gasteiger partial charge on any atom is -0.466 e. The average molecular weight is 216 g/mol. The number of carbonyl (C=O) groups is 1. The van der Waals surface area contributed by atoms with Crippen LogP contribution in [0.5, 0.6) is 0 Å². The molecule has 0 radical (unpaired) electrons. The van der Waals surface area contributed by atoms with Crippen molar-refractivity contribution in [2.45, 2.75) is 0 Å². The monoisotopic (exact) mass is 216 g/mol. The fourth-order valence-electron chi connectivity index (χ4n) is 0.852. The Morgan fingerprint density at radius 1 is 1.06 bits per heavy atom. The summed E-state index contributed by atoms with van der Waals surface area (Å²) in [4.78, 5) is 9.84. The van der Waals surface area contributed by atoms with Crippen LogP contribution in [0, 0.1) is 0 Å². The molecule has 2 nitrogen and oxygen atoms in total. The highest BCUT2D eigenvalue weighted by atomic mass is 16.5. The second-order valence-electron chi connectivity index (χ2n) is 2.80. The standard InChI is InChI=1S/C10H10.C4H6O2/c1-3-9-5-7-10(4-2)8-6-9;1-3-4(5)6-2/h3-8H,1-2H2;3H,1H2,2H3. The van der Waals surface area contributed by atoms with Gasteiger partial charge in [0.15, 0.2) is 0 Å². The van der Waals surface area contributed by atoms with Crippen molar-refractivity contribution in [1.29, 1.82) is 0 Å². The molecule has 0 aliphatic heterocycles. The zero-order valence-corrected chi connectivity index (χ0v) is 9.48. The summed E-state index contributed by atoms with van der Waals surface area (Å²) in [6, 6.07) is 8.07. The van der Waals surface area contributed by atoms with E-state index in [9.17, 15) is 4.79 Å². The molecule has 0 fully saturated rings. The Morgan fingerprint density at radius 3 is 1.56 bits per heavy atom. The third-order valence-electron chi connectivity index (χ3n) is 1.78. The Bertz CT molecular complexity index is 334. The van der Waals surface area contributed by atoms with Crippen LogP contribution >= 0.6 is 0 Å².